The molecule has 1 aliphatic heterocycles. The predicted molar refractivity (Wildman–Crippen MR) is 79.0 cm³/mol. The lowest BCUT2D eigenvalue weighted by Gasteiger charge is -2.30. The molecule has 1 aliphatic rings. The minimum atomic E-state index is -0.559. The summed E-state index contributed by atoms with van der Waals surface area (Å²) in [7, 11) is 0. The third-order valence-electron chi connectivity index (χ3n) is 4.14. The van der Waals surface area contributed by atoms with Crippen LogP contribution in [0.3, 0.4) is 0 Å². The lowest BCUT2D eigenvalue weighted by Crippen LogP contribution is -2.41. The Balaban J connectivity index is 1.89. The van der Waals surface area contributed by atoms with Crippen molar-refractivity contribution in [2.24, 2.45) is 0 Å². The normalized spacial score (nSPS) is 21.9. The zero-order valence-electron chi connectivity index (χ0n) is 12.5. The number of nitro groups is 1. The van der Waals surface area contributed by atoms with Crippen LogP contribution in [0.5, 0.6) is 0 Å². The lowest BCUT2D eigenvalue weighted by atomic mass is 10.1. The van der Waals surface area contributed by atoms with Gasteiger partial charge in [-0.05, 0) is 25.8 Å². The van der Waals surface area contributed by atoms with Gasteiger partial charge in [0.15, 0.2) is 0 Å². The van der Waals surface area contributed by atoms with Crippen molar-refractivity contribution in [3.63, 3.8) is 0 Å². The molecule has 21 heavy (non-hydrogen) atoms. The molecule has 0 spiro atoms. The maximum absolute atomic E-state index is 10.6. The van der Waals surface area contributed by atoms with E-state index in [4.69, 9.17) is 0 Å². The SMILES string of the molecule is CC[C@@H]1CCCCCN1C[C@H](O)Cn1cc([N+](=O)[O-])cn1. The van der Waals surface area contributed by atoms with E-state index < -0.39 is 11.0 Å². The molecule has 0 aliphatic carbocycles. The molecule has 1 N–H and O–H groups in total. The summed E-state index contributed by atoms with van der Waals surface area (Å²) in [4.78, 5) is 12.5. The molecule has 0 bridgehead atoms. The van der Waals surface area contributed by atoms with Crippen LogP contribution in [0.25, 0.3) is 0 Å². The maximum Gasteiger partial charge on any atom is 0.306 e. The molecule has 7 nitrogen and oxygen atoms in total. The van der Waals surface area contributed by atoms with E-state index in [2.05, 4.69) is 16.9 Å². The van der Waals surface area contributed by atoms with Crippen molar-refractivity contribution in [1.29, 1.82) is 0 Å². The molecule has 2 atom stereocenters. The molecule has 1 aromatic heterocycles. The summed E-state index contributed by atoms with van der Waals surface area (Å²) in [5.41, 5.74) is -0.0385. The monoisotopic (exact) mass is 296 g/mol. The molecule has 0 radical (unpaired) electrons. The first kappa shape index (κ1) is 15.9. The molecule has 7 heteroatoms. The van der Waals surface area contributed by atoms with E-state index in [-0.39, 0.29) is 5.69 Å². The van der Waals surface area contributed by atoms with E-state index >= 15 is 0 Å². The van der Waals surface area contributed by atoms with Crippen molar-refractivity contribution in [2.45, 2.75) is 57.7 Å². The number of hydrogen-bond acceptors (Lipinski definition) is 5. The molecule has 0 amide bonds. The Labute approximate surface area is 124 Å². The summed E-state index contributed by atoms with van der Waals surface area (Å²) < 4.78 is 1.45. The largest absolute Gasteiger partial charge is 0.390 e. The van der Waals surface area contributed by atoms with Crippen molar-refractivity contribution < 1.29 is 10.0 Å². The zero-order chi connectivity index (χ0) is 15.2. The molecule has 0 unspecified atom stereocenters. The molecule has 1 saturated heterocycles. The van der Waals surface area contributed by atoms with Crippen LogP contribution < -0.4 is 0 Å². The van der Waals surface area contributed by atoms with Gasteiger partial charge in [-0.3, -0.25) is 19.7 Å². The van der Waals surface area contributed by atoms with Gasteiger partial charge in [0.25, 0.3) is 0 Å². The van der Waals surface area contributed by atoms with Crippen LogP contribution in [0, 0.1) is 10.1 Å². The number of rotatable bonds is 6. The lowest BCUT2D eigenvalue weighted by molar-refractivity contribution is -0.385. The summed E-state index contributed by atoms with van der Waals surface area (Å²) in [6, 6.07) is 0.536. The highest BCUT2D eigenvalue weighted by Crippen LogP contribution is 2.19. The van der Waals surface area contributed by atoms with E-state index in [9.17, 15) is 15.2 Å². The molecular formula is C14H24N4O3. The van der Waals surface area contributed by atoms with Gasteiger partial charge in [0.05, 0.1) is 17.6 Å². The smallest absolute Gasteiger partial charge is 0.306 e. The Morgan fingerprint density at radius 3 is 2.95 bits per heavy atom. The van der Waals surface area contributed by atoms with Crippen molar-refractivity contribution in [3.05, 3.63) is 22.5 Å². The van der Waals surface area contributed by atoms with Gasteiger partial charge in [-0.2, -0.15) is 5.10 Å². The second kappa shape index (κ2) is 7.51. The summed E-state index contributed by atoms with van der Waals surface area (Å²) in [5, 5.41) is 24.8. The van der Waals surface area contributed by atoms with Crippen molar-refractivity contribution in [1.82, 2.24) is 14.7 Å². The minimum absolute atomic E-state index is 0.0385. The topological polar surface area (TPSA) is 84.4 Å². The first-order valence-corrected chi connectivity index (χ1v) is 7.69. The van der Waals surface area contributed by atoms with Crippen LogP contribution in [0.2, 0.25) is 0 Å². The Kier molecular flexibility index (Phi) is 5.69. The molecule has 2 heterocycles. The molecule has 2 rings (SSSR count). The van der Waals surface area contributed by atoms with Crippen LogP contribution in [0.15, 0.2) is 12.4 Å². The number of aromatic nitrogens is 2. The van der Waals surface area contributed by atoms with Crippen molar-refractivity contribution >= 4 is 5.69 Å². The molecule has 118 valence electrons. The number of aliphatic hydroxyl groups excluding tert-OH is 1. The Bertz CT molecular complexity index is 463. The Morgan fingerprint density at radius 1 is 1.48 bits per heavy atom. The van der Waals surface area contributed by atoms with Gasteiger partial charge in [0.2, 0.25) is 0 Å². The highest BCUT2D eigenvalue weighted by molar-refractivity contribution is 5.20. The van der Waals surface area contributed by atoms with Crippen LogP contribution in [-0.2, 0) is 6.54 Å². The highest BCUT2D eigenvalue weighted by Gasteiger charge is 2.22. The van der Waals surface area contributed by atoms with Gasteiger partial charge in [0.1, 0.15) is 12.4 Å². The van der Waals surface area contributed by atoms with E-state index in [1.54, 1.807) is 0 Å². The summed E-state index contributed by atoms with van der Waals surface area (Å²) in [6.45, 7) is 4.11. The molecule has 1 fully saturated rings. The number of hydrogen-bond donors (Lipinski definition) is 1. The summed E-state index contributed by atoms with van der Waals surface area (Å²) in [5.74, 6) is 0. The minimum Gasteiger partial charge on any atom is -0.390 e. The number of nitrogens with zero attached hydrogens (tertiary/aromatic N) is 4. The second-order valence-electron chi connectivity index (χ2n) is 5.74. The number of aliphatic hydroxyl groups is 1. The fraction of sp³-hybridized carbons (Fsp3) is 0.786. The van der Waals surface area contributed by atoms with Crippen LogP contribution in [0.1, 0.15) is 39.0 Å². The molecule has 0 aromatic carbocycles. The molecule has 0 saturated carbocycles. The van der Waals surface area contributed by atoms with Gasteiger partial charge < -0.3 is 5.11 Å². The number of likely N-dealkylation sites (tertiary alicyclic amines) is 1. The average molecular weight is 296 g/mol. The van der Waals surface area contributed by atoms with Gasteiger partial charge in [0, 0.05) is 12.6 Å². The van der Waals surface area contributed by atoms with E-state index in [1.165, 1.54) is 42.8 Å². The quantitative estimate of drug-likeness (QED) is 0.639. The van der Waals surface area contributed by atoms with Gasteiger partial charge in [-0.1, -0.05) is 19.8 Å². The first-order valence-electron chi connectivity index (χ1n) is 7.69. The molecular weight excluding hydrogens is 272 g/mol. The summed E-state index contributed by atoms with van der Waals surface area (Å²) in [6.07, 6.45) is 8.01. The molecule has 1 aromatic rings. The number of β-amino-alcohol motifs (C(OH)–C–C–N with tert-alkyl or cyclic N) is 1. The van der Waals surface area contributed by atoms with Gasteiger partial charge in [-0.15, -0.1) is 0 Å². The zero-order valence-corrected chi connectivity index (χ0v) is 12.5. The highest BCUT2D eigenvalue weighted by atomic mass is 16.6. The Hall–Kier alpha value is -1.47. The second-order valence-corrected chi connectivity index (χ2v) is 5.74. The predicted octanol–water partition coefficient (Wildman–Crippen LogP) is 1.81. The standard InChI is InChI=1S/C14H24N4O3/c1-2-12-6-4-3-5-7-16(12)10-14(19)11-17-9-13(8-15-17)18(20)21/h8-9,12,14,19H,2-7,10-11H2,1H3/t12-,14+/m1/s1. The van der Waals surface area contributed by atoms with E-state index in [0.717, 1.165) is 13.0 Å². The van der Waals surface area contributed by atoms with Crippen molar-refractivity contribution in [3.8, 4) is 0 Å². The van der Waals surface area contributed by atoms with Crippen LogP contribution >= 0.6 is 0 Å². The van der Waals surface area contributed by atoms with E-state index in [0.29, 0.717) is 19.1 Å². The summed E-state index contributed by atoms with van der Waals surface area (Å²) >= 11 is 0. The van der Waals surface area contributed by atoms with Crippen LogP contribution in [-0.4, -0.2) is 49.9 Å². The van der Waals surface area contributed by atoms with Crippen LogP contribution in [0.4, 0.5) is 5.69 Å². The first-order chi connectivity index (χ1) is 10.1. The van der Waals surface area contributed by atoms with Crippen molar-refractivity contribution in [2.75, 3.05) is 13.1 Å². The van der Waals surface area contributed by atoms with Gasteiger partial charge in [-0.25, -0.2) is 0 Å². The fourth-order valence-electron chi connectivity index (χ4n) is 3.03. The van der Waals surface area contributed by atoms with E-state index in [1.807, 2.05) is 0 Å². The van der Waals surface area contributed by atoms with Gasteiger partial charge >= 0.3 is 5.69 Å². The maximum atomic E-state index is 10.6. The average Bonchev–Trinajstić information content (AvgIpc) is 2.79. The third-order valence-corrected chi connectivity index (χ3v) is 4.14. The Morgan fingerprint density at radius 2 is 2.29 bits per heavy atom. The third kappa shape index (κ3) is 4.50. The fourth-order valence-corrected chi connectivity index (χ4v) is 3.03.